The molecule has 1 rings (SSSR count). The van der Waals surface area contributed by atoms with Crippen molar-refractivity contribution in [2.75, 3.05) is 0 Å². The standard InChI is InChI=1S/C10H13N/c1-2-9(8-11)10-6-4-3-5-7-10/h3-8H,2,11H2,1H3/b9-8-. The van der Waals surface area contributed by atoms with Crippen LogP contribution in [0.1, 0.15) is 18.9 Å². The third kappa shape index (κ3) is 1.84. The molecule has 0 unspecified atom stereocenters. The fourth-order valence-electron chi connectivity index (χ4n) is 1.07. The molecule has 0 spiro atoms. The van der Waals surface area contributed by atoms with E-state index in [2.05, 4.69) is 19.1 Å². The molecule has 0 aliphatic heterocycles. The topological polar surface area (TPSA) is 26.0 Å². The van der Waals surface area contributed by atoms with Crippen molar-refractivity contribution >= 4 is 5.57 Å². The van der Waals surface area contributed by atoms with Crippen LogP contribution in [0.25, 0.3) is 5.57 Å². The van der Waals surface area contributed by atoms with Gasteiger partial charge in [0.2, 0.25) is 0 Å². The third-order valence-corrected chi connectivity index (χ3v) is 1.73. The molecule has 0 atom stereocenters. The van der Waals surface area contributed by atoms with E-state index in [0.29, 0.717) is 0 Å². The zero-order valence-electron chi connectivity index (χ0n) is 6.75. The first-order chi connectivity index (χ1) is 5.38. The summed E-state index contributed by atoms with van der Waals surface area (Å²) in [6.45, 7) is 2.10. The van der Waals surface area contributed by atoms with Gasteiger partial charge in [0.15, 0.2) is 0 Å². The van der Waals surface area contributed by atoms with Crippen LogP contribution in [0.5, 0.6) is 0 Å². The molecule has 0 aliphatic carbocycles. The Kier molecular flexibility index (Phi) is 2.73. The number of nitrogens with two attached hydrogens (primary N) is 1. The summed E-state index contributed by atoms with van der Waals surface area (Å²) < 4.78 is 0. The molecule has 1 heteroatoms. The monoisotopic (exact) mass is 147 g/mol. The molecule has 58 valence electrons. The number of rotatable bonds is 2. The SMILES string of the molecule is CC/C(=C/N)c1ccccc1. The molecule has 0 saturated heterocycles. The van der Waals surface area contributed by atoms with E-state index in [1.807, 2.05) is 18.2 Å². The first-order valence-corrected chi connectivity index (χ1v) is 3.84. The third-order valence-electron chi connectivity index (χ3n) is 1.73. The fraction of sp³-hybridized carbons (Fsp3) is 0.200. The summed E-state index contributed by atoms with van der Waals surface area (Å²) in [4.78, 5) is 0. The molecule has 2 N–H and O–H groups in total. The Morgan fingerprint density at radius 1 is 1.36 bits per heavy atom. The first kappa shape index (κ1) is 7.86. The quantitative estimate of drug-likeness (QED) is 0.683. The molecule has 0 aromatic heterocycles. The minimum atomic E-state index is 0.987. The van der Waals surface area contributed by atoms with Gasteiger partial charge in [-0.1, -0.05) is 37.3 Å². The molecular weight excluding hydrogens is 134 g/mol. The highest BCUT2D eigenvalue weighted by atomic mass is 14.5. The summed E-state index contributed by atoms with van der Waals surface area (Å²) >= 11 is 0. The Morgan fingerprint density at radius 3 is 2.45 bits per heavy atom. The zero-order chi connectivity index (χ0) is 8.10. The van der Waals surface area contributed by atoms with E-state index in [9.17, 15) is 0 Å². The predicted molar refractivity (Wildman–Crippen MR) is 48.9 cm³/mol. The highest BCUT2D eigenvalue weighted by Crippen LogP contribution is 2.15. The molecule has 11 heavy (non-hydrogen) atoms. The van der Waals surface area contributed by atoms with Crippen molar-refractivity contribution in [3.8, 4) is 0 Å². The molecule has 0 radical (unpaired) electrons. The van der Waals surface area contributed by atoms with Crippen LogP contribution in [0.2, 0.25) is 0 Å². The van der Waals surface area contributed by atoms with E-state index in [-0.39, 0.29) is 0 Å². The lowest BCUT2D eigenvalue weighted by Crippen LogP contribution is -1.87. The van der Waals surface area contributed by atoms with Crippen molar-refractivity contribution in [3.63, 3.8) is 0 Å². The second-order valence-corrected chi connectivity index (χ2v) is 2.41. The smallest absolute Gasteiger partial charge is 0.00238 e. The largest absolute Gasteiger partial charge is 0.404 e. The summed E-state index contributed by atoms with van der Waals surface area (Å²) in [6, 6.07) is 10.2. The van der Waals surface area contributed by atoms with E-state index < -0.39 is 0 Å². The Bertz CT molecular complexity index is 236. The molecule has 0 fully saturated rings. The molecule has 1 nitrogen and oxygen atoms in total. The van der Waals surface area contributed by atoms with Crippen LogP contribution in [-0.2, 0) is 0 Å². The molecule has 0 aliphatic rings. The van der Waals surface area contributed by atoms with E-state index in [4.69, 9.17) is 5.73 Å². The van der Waals surface area contributed by atoms with E-state index in [1.54, 1.807) is 6.20 Å². The van der Waals surface area contributed by atoms with Crippen molar-refractivity contribution in [2.45, 2.75) is 13.3 Å². The second-order valence-electron chi connectivity index (χ2n) is 2.41. The number of hydrogen-bond acceptors (Lipinski definition) is 1. The van der Waals surface area contributed by atoms with Crippen LogP contribution in [0.3, 0.4) is 0 Å². The van der Waals surface area contributed by atoms with Crippen LogP contribution in [0.15, 0.2) is 36.5 Å². The number of hydrogen-bond donors (Lipinski definition) is 1. The van der Waals surface area contributed by atoms with E-state index in [0.717, 1.165) is 6.42 Å². The summed E-state index contributed by atoms with van der Waals surface area (Å²) in [5.41, 5.74) is 7.87. The van der Waals surface area contributed by atoms with Gasteiger partial charge in [0.1, 0.15) is 0 Å². The minimum Gasteiger partial charge on any atom is -0.404 e. The maximum absolute atomic E-state index is 5.45. The molecule has 1 aromatic carbocycles. The van der Waals surface area contributed by atoms with Gasteiger partial charge in [0.05, 0.1) is 0 Å². The van der Waals surface area contributed by atoms with E-state index >= 15 is 0 Å². The van der Waals surface area contributed by atoms with Crippen LogP contribution in [0.4, 0.5) is 0 Å². The van der Waals surface area contributed by atoms with Gasteiger partial charge < -0.3 is 5.73 Å². The van der Waals surface area contributed by atoms with Gasteiger partial charge in [-0.05, 0) is 23.8 Å². The summed E-state index contributed by atoms with van der Waals surface area (Å²) in [7, 11) is 0. The minimum absolute atomic E-state index is 0.987. The first-order valence-electron chi connectivity index (χ1n) is 3.84. The van der Waals surface area contributed by atoms with Crippen molar-refractivity contribution < 1.29 is 0 Å². The van der Waals surface area contributed by atoms with Crippen molar-refractivity contribution in [1.82, 2.24) is 0 Å². The van der Waals surface area contributed by atoms with Gasteiger partial charge in [0.25, 0.3) is 0 Å². The maximum Gasteiger partial charge on any atom is -0.00238 e. The van der Waals surface area contributed by atoms with Gasteiger partial charge >= 0.3 is 0 Å². The average molecular weight is 147 g/mol. The molecule has 1 aromatic rings. The Balaban J connectivity index is 2.92. The Hall–Kier alpha value is -1.24. The normalized spacial score (nSPS) is 11.5. The summed E-state index contributed by atoms with van der Waals surface area (Å²) in [5, 5.41) is 0. The van der Waals surface area contributed by atoms with Gasteiger partial charge in [-0.25, -0.2) is 0 Å². The van der Waals surface area contributed by atoms with Crippen LogP contribution >= 0.6 is 0 Å². The molecule has 0 saturated carbocycles. The maximum atomic E-state index is 5.45. The lowest BCUT2D eigenvalue weighted by molar-refractivity contribution is 1.23. The van der Waals surface area contributed by atoms with Crippen LogP contribution in [-0.4, -0.2) is 0 Å². The predicted octanol–water partition coefficient (Wildman–Crippen LogP) is 2.40. The lowest BCUT2D eigenvalue weighted by Gasteiger charge is -2.01. The molecule has 0 heterocycles. The Labute approximate surface area is 67.5 Å². The number of allylic oxidation sites excluding steroid dienone is 1. The van der Waals surface area contributed by atoms with Crippen LogP contribution in [0, 0.1) is 0 Å². The second kappa shape index (κ2) is 3.81. The lowest BCUT2D eigenvalue weighted by atomic mass is 10.1. The van der Waals surface area contributed by atoms with Gasteiger partial charge in [0, 0.05) is 0 Å². The Morgan fingerprint density at radius 2 is 2.00 bits per heavy atom. The molecular formula is C10H13N. The van der Waals surface area contributed by atoms with E-state index in [1.165, 1.54) is 11.1 Å². The average Bonchev–Trinajstić information content (AvgIpc) is 2.09. The van der Waals surface area contributed by atoms with Crippen molar-refractivity contribution in [3.05, 3.63) is 42.1 Å². The van der Waals surface area contributed by atoms with Crippen LogP contribution < -0.4 is 5.73 Å². The van der Waals surface area contributed by atoms with Crippen molar-refractivity contribution in [2.24, 2.45) is 5.73 Å². The van der Waals surface area contributed by atoms with Gasteiger partial charge in [-0.2, -0.15) is 0 Å². The zero-order valence-corrected chi connectivity index (χ0v) is 6.75. The summed E-state index contributed by atoms with van der Waals surface area (Å²) in [5.74, 6) is 0. The molecule has 0 amide bonds. The fourth-order valence-corrected chi connectivity index (χ4v) is 1.07. The highest BCUT2D eigenvalue weighted by molar-refractivity contribution is 5.64. The van der Waals surface area contributed by atoms with Crippen molar-refractivity contribution in [1.29, 1.82) is 0 Å². The summed E-state index contributed by atoms with van der Waals surface area (Å²) in [6.07, 6.45) is 2.66. The van der Waals surface area contributed by atoms with Gasteiger partial charge in [-0.15, -0.1) is 0 Å². The highest BCUT2D eigenvalue weighted by Gasteiger charge is 1.94. The molecule has 0 bridgehead atoms. The number of benzene rings is 1. The van der Waals surface area contributed by atoms with Gasteiger partial charge in [-0.3, -0.25) is 0 Å².